The molecule has 1 rings (SSSR count). The van der Waals surface area contributed by atoms with Gasteiger partial charge in [-0.2, -0.15) is 5.26 Å². The Balaban J connectivity index is 2.97. The van der Waals surface area contributed by atoms with Crippen molar-refractivity contribution in [1.29, 1.82) is 5.26 Å². The molecule has 0 saturated heterocycles. The van der Waals surface area contributed by atoms with Gasteiger partial charge in [0.15, 0.2) is 5.69 Å². The van der Waals surface area contributed by atoms with E-state index in [1.54, 1.807) is 31.3 Å². The first-order valence-corrected chi connectivity index (χ1v) is 5.90. The number of carbonyl (C=O) groups is 1. The number of pyridine rings is 1. The number of amides is 1. The van der Waals surface area contributed by atoms with Crippen molar-refractivity contribution >= 4 is 11.6 Å². The molecule has 0 fully saturated rings. The molecule has 1 aromatic heterocycles. The highest BCUT2D eigenvalue weighted by molar-refractivity contribution is 5.81. The van der Waals surface area contributed by atoms with Crippen molar-refractivity contribution in [3.63, 3.8) is 0 Å². The van der Waals surface area contributed by atoms with Crippen molar-refractivity contribution in [2.45, 2.75) is 13.3 Å². The second kappa shape index (κ2) is 6.60. The zero-order valence-electron chi connectivity index (χ0n) is 11.1. The molecule has 0 aliphatic rings. The fraction of sp³-hybridized carbons (Fsp3) is 0.462. The third-order valence-electron chi connectivity index (χ3n) is 2.55. The molecule has 0 spiro atoms. The summed E-state index contributed by atoms with van der Waals surface area (Å²) in [6, 6.07) is 5.66. The van der Waals surface area contributed by atoms with Crippen LogP contribution in [0.25, 0.3) is 0 Å². The number of hydrogen-bond acceptors (Lipinski definition) is 4. The van der Waals surface area contributed by atoms with Crippen molar-refractivity contribution in [3.05, 3.63) is 24.0 Å². The summed E-state index contributed by atoms with van der Waals surface area (Å²) in [4.78, 5) is 19.3. The van der Waals surface area contributed by atoms with Crippen LogP contribution in [0.2, 0.25) is 0 Å². The Morgan fingerprint density at radius 2 is 2.22 bits per heavy atom. The largest absolute Gasteiger partial charge is 0.360 e. The number of rotatable bonds is 5. The van der Waals surface area contributed by atoms with Crippen molar-refractivity contribution in [3.8, 4) is 6.07 Å². The van der Waals surface area contributed by atoms with Crippen molar-refractivity contribution in [2.24, 2.45) is 0 Å². The van der Waals surface area contributed by atoms with E-state index in [1.165, 1.54) is 0 Å². The van der Waals surface area contributed by atoms with Crippen LogP contribution in [0.15, 0.2) is 18.3 Å². The average molecular weight is 246 g/mol. The number of likely N-dealkylation sites (N-methyl/N-ethyl adjacent to an activating group) is 1. The lowest BCUT2D eigenvalue weighted by molar-refractivity contribution is -0.127. The number of nitriles is 1. The molecular formula is C13H18N4O. The Morgan fingerprint density at radius 3 is 2.78 bits per heavy atom. The second-order valence-corrected chi connectivity index (χ2v) is 4.19. The van der Waals surface area contributed by atoms with Crippen LogP contribution in [0.5, 0.6) is 0 Å². The highest BCUT2D eigenvalue weighted by Gasteiger charge is 2.15. The SMILES string of the molecule is CCCN(CC(=O)N(C)C)c1cccnc1C#N. The lowest BCUT2D eigenvalue weighted by Crippen LogP contribution is -2.37. The van der Waals surface area contributed by atoms with Crippen LogP contribution in [0.4, 0.5) is 5.69 Å². The lowest BCUT2D eigenvalue weighted by atomic mass is 10.2. The number of nitrogens with zero attached hydrogens (tertiary/aromatic N) is 4. The number of anilines is 1. The lowest BCUT2D eigenvalue weighted by Gasteiger charge is -2.25. The molecule has 1 aromatic rings. The average Bonchev–Trinajstić information content (AvgIpc) is 2.38. The molecule has 0 radical (unpaired) electrons. The maximum Gasteiger partial charge on any atom is 0.241 e. The van der Waals surface area contributed by atoms with E-state index in [-0.39, 0.29) is 12.5 Å². The van der Waals surface area contributed by atoms with E-state index in [9.17, 15) is 4.79 Å². The maximum atomic E-state index is 11.8. The molecule has 0 unspecified atom stereocenters. The Kier molecular flexibility index (Phi) is 5.12. The van der Waals surface area contributed by atoms with Crippen LogP contribution >= 0.6 is 0 Å². The van der Waals surface area contributed by atoms with Crippen molar-refractivity contribution in [1.82, 2.24) is 9.88 Å². The van der Waals surface area contributed by atoms with Gasteiger partial charge in [-0.15, -0.1) is 0 Å². The highest BCUT2D eigenvalue weighted by Crippen LogP contribution is 2.17. The van der Waals surface area contributed by atoms with Gasteiger partial charge < -0.3 is 9.80 Å². The van der Waals surface area contributed by atoms with Gasteiger partial charge in [0.1, 0.15) is 6.07 Å². The smallest absolute Gasteiger partial charge is 0.241 e. The van der Waals surface area contributed by atoms with Crippen molar-refractivity contribution in [2.75, 3.05) is 32.1 Å². The molecule has 1 heterocycles. The van der Waals surface area contributed by atoms with E-state index in [0.717, 1.165) is 18.7 Å². The maximum absolute atomic E-state index is 11.8. The van der Waals surface area contributed by atoms with Crippen LogP contribution in [0.3, 0.4) is 0 Å². The minimum Gasteiger partial charge on any atom is -0.360 e. The van der Waals surface area contributed by atoms with Gasteiger partial charge in [-0.1, -0.05) is 6.92 Å². The summed E-state index contributed by atoms with van der Waals surface area (Å²) in [5, 5.41) is 9.04. The van der Waals surface area contributed by atoms with Crippen LogP contribution < -0.4 is 4.90 Å². The van der Waals surface area contributed by atoms with Crippen molar-refractivity contribution < 1.29 is 4.79 Å². The van der Waals surface area contributed by atoms with E-state index >= 15 is 0 Å². The number of hydrogen-bond donors (Lipinski definition) is 0. The molecule has 0 aliphatic carbocycles. The third-order valence-corrected chi connectivity index (χ3v) is 2.55. The van der Waals surface area contributed by atoms with Gasteiger partial charge in [0.2, 0.25) is 5.91 Å². The first-order valence-electron chi connectivity index (χ1n) is 5.90. The summed E-state index contributed by atoms with van der Waals surface area (Å²) in [6.45, 7) is 3.02. The van der Waals surface area contributed by atoms with E-state index < -0.39 is 0 Å². The van der Waals surface area contributed by atoms with E-state index in [4.69, 9.17) is 5.26 Å². The Hall–Kier alpha value is -2.09. The third kappa shape index (κ3) is 3.45. The quantitative estimate of drug-likeness (QED) is 0.784. The standard InChI is InChI=1S/C13H18N4O/c1-4-8-17(10-13(18)16(2)3)12-6-5-7-15-11(12)9-14/h5-7H,4,8,10H2,1-3H3. The monoisotopic (exact) mass is 246 g/mol. The summed E-state index contributed by atoms with van der Waals surface area (Å²) in [5.74, 6) is 0.0104. The summed E-state index contributed by atoms with van der Waals surface area (Å²) in [6.07, 6.45) is 2.49. The van der Waals surface area contributed by atoms with Gasteiger partial charge in [0, 0.05) is 26.8 Å². The molecule has 5 heteroatoms. The molecule has 0 aliphatic heterocycles. The molecule has 18 heavy (non-hydrogen) atoms. The number of aromatic nitrogens is 1. The van der Waals surface area contributed by atoms with Crippen LogP contribution in [0, 0.1) is 11.3 Å². The number of carbonyl (C=O) groups excluding carboxylic acids is 1. The fourth-order valence-electron chi connectivity index (χ4n) is 1.60. The molecule has 0 N–H and O–H groups in total. The molecule has 0 aromatic carbocycles. The molecular weight excluding hydrogens is 228 g/mol. The highest BCUT2D eigenvalue weighted by atomic mass is 16.2. The zero-order valence-corrected chi connectivity index (χ0v) is 11.1. The molecule has 96 valence electrons. The van der Waals surface area contributed by atoms with Crippen LogP contribution in [-0.2, 0) is 4.79 Å². The fourth-order valence-corrected chi connectivity index (χ4v) is 1.60. The summed E-state index contributed by atoms with van der Waals surface area (Å²) < 4.78 is 0. The summed E-state index contributed by atoms with van der Waals surface area (Å²) in [5.41, 5.74) is 1.08. The van der Waals surface area contributed by atoms with Gasteiger partial charge in [0.05, 0.1) is 12.2 Å². The van der Waals surface area contributed by atoms with Gasteiger partial charge in [-0.25, -0.2) is 4.98 Å². The van der Waals surface area contributed by atoms with E-state index in [0.29, 0.717) is 5.69 Å². The van der Waals surface area contributed by atoms with Crippen LogP contribution in [0.1, 0.15) is 19.0 Å². The van der Waals surface area contributed by atoms with Crippen LogP contribution in [-0.4, -0.2) is 43.0 Å². The first-order chi connectivity index (χ1) is 8.60. The Morgan fingerprint density at radius 1 is 1.50 bits per heavy atom. The van der Waals surface area contributed by atoms with Gasteiger partial charge >= 0.3 is 0 Å². The molecule has 0 atom stereocenters. The molecule has 5 nitrogen and oxygen atoms in total. The van der Waals surface area contributed by atoms with Gasteiger partial charge in [0.25, 0.3) is 0 Å². The van der Waals surface area contributed by atoms with E-state index in [2.05, 4.69) is 11.1 Å². The van der Waals surface area contributed by atoms with Gasteiger partial charge in [-0.05, 0) is 18.6 Å². The molecule has 0 bridgehead atoms. The minimum atomic E-state index is 0.0104. The first kappa shape index (κ1) is 14.0. The molecule has 0 saturated carbocycles. The second-order valence-electron chi connectivity index (χ2n) is 4.19. The minimum absolute atomic E-state index is 0.0104. The topological polar surface area (TPSA) is 60.2 Å². The van der Waals surface area contributed by atoms with Gasteiger partial charge in [-0.3, -0.25) is 4.79 Å². The summed E-state index contributed by atoms with van der Waals surface area (Å²) in [7, 11) is 3.45. The Bertz CT molecular complexity index is 451. The predicted molar refractivity (Wildman–Crippen MR) is 70.2 cm³/mol. The summed E-state index contributed by atoms with van der Waals surface area (Å²) >= 11 is 0. The molecule has 1 amide bonds. The zero-order chi connectivity index (χ0) is 13.5. The normalized spacial score (nSPS) is 9.67. The predicted octanol–water partition coefficient (Wildman–Crippen LogP) is 1.26. The Labute approximate surface area is 108 Å². The van der Waals surface area contributed by atoms with E-state index in [1.807, 2.05) is 17.9 Å².